The molecule has 1 heterocycles. The van der Waals surface area contributed by atoms with Crippen LogP contribution >= 0.6 is 24.0 Å². The van der Waals surface area contributed by atoms with Gasteiger partial charge in [0, 0.05) is 23.7 Å². The maximum Gasteiger partial charge on any atom is 0.243 e. The summed E-state index contributed by atoms with van der Waals surface area (Å²) < 4.78 is 0. The number of amides is 1. The lowest BCUT2D eigenvalue weighted by molar-refractivity contribution is -0.122. The zero-order chi connectivity index (χ0) is 15.8. The van der Waals surface area contributed by atoms with E-state index in [2.05, 4.69) is 33.0 Å². The van der Waals surface area contributed by atoms with Gasteiger partial charge in [-0.15, -0.1) is 22.6 Å². The summed E-state index contributed by atoms with van der Waals surface area (Å²) in [7, 11) is 0. The smallest absolute Gasteiger partial charge is 0.243 e. The normalized spacial score (nSPS) is 10.2. The van der Waals surface area contributed by atoms with E-state index in [1.54, 1.807) is 12.1 Å². The highest BCUT2D eigenvalue weighted by atomic mass is 35.5. The summed E-state index contributed by atoms with van der Waals surface area (Å²) >= 11 is 5.83. The van der Waals surface area contributed by atoms with E-state index in [0.717, 1.165) is 25.1 Å². The lowest BCUT2D eigenvalue weighted by Crippen LogP contribution is -2.34. The van der Waals surface area contributed by atoms with Crippen LogP contribution in [0.15, 0.2) is 24.3 Å². The molecule has 23 heavy (non-hydrogen) atoms. The van der Waals surface area contributed by atoms with Crippen LogP contribution in [0.5, 0.6) is 0 Å². The molecule has 0 aliphatic rings. The molecule has 0 aliphatic carbocycles. The van der Waals surface area contributed by atoms with Crippen molar-refractivity contribution in [2.75, 3.05) is 19.6 Å². The van der Waals surface area contributed by atoms with E-state index in [1.165, 1.54) is 4.80 Å². The molecule has 0 bridgehead atoms. The number of halogens is 2. The molecule has 0 saturated heterocycles. The second-order valence-corrected chi connectivity index (χ2v) is 5.19. The van der Waals surface area contributed by atoms with E-state index >= 15 is 0 Å². The van der Waals surface area contributed by atoms with Gasteiger partial charge in [0.2, 0.25) is 11.7 Å². The Morgan fingerprint density at radius 3 is 2.65 bits per heavy atom. The summed E-state index contributed by atoms with van der Waals surface area (Å²) in [5, 5.41) is 18.7. The molecular weight excluding hydrogens is 339 g/mol. The molecule has 2 aromatic rings. The topological polar surface area (TPSA) is 84.7 Å². The van der Waals surface area contributed by atoms with E-state index in [9.17, 15) is 4.79 Å². The second kappa shape index (κ2) is 10.1. The molecule has 0 aliphatic heterocycles. The van der Waals surface area contributed by atoms with Crippen LogP contribution in [0.2, 0.25) is 5.02 Å². The highest BCUT2D eigenvalue weighted by Gasteiger charge is 2.08. The number of hydrogen-bond acceptors (Lipinski definition) is 5. The predicted octanol–water partition coefficient (Wildman–Crippen LogP) is 1.53. The number of nitrogens with zero attached hydrogens (tertiary/aromatic N) is 4. The van der Waals surface area contributed by atoms with Crippen LogP contribution in [0.25, 0.3) is 11.4 Å². The van der Waals surface area contributed by atoms with Crippen LogP contribution in [0, 0.1) is 0 Å². The zero-order valence-electron chi connectivity index (χ0n) is 12.8. The largest absolute Gasteiger partial charge is 0.353 e. The number of tetrazole rings is 1. The van der Waals surface area contributed by atoms with E-state index in [4.69, 9.17) is 11.6 Å². The Hall–Kier alpha value is -1.70. The lowest BCUT2D eigenvalue weighted by Gasteiger charge is -2.05. The first-order valence-electron chi connectivity index (χ1n) is 7.20. The van der Waals surface area contributed by atoms with Crippen LogP contribution in [-0.2, 0) is 11.3 Å². The summed E-state index contributed by atoms with van der Waals surface area (Å²) in [6, 6.07) is 7.13. The number of hydrogen-bond donors (Lipinski definition) is 2. The van der Waals surface area contributed by atoms with Crippen molar-refractivity contribution in [2.24, 2.45) is 0 Å². The van der Waals surface area contributed by atoms with Gasteiger partial charge in [-0.2, -0.15) is 4.80 Å². The molecule has 7 nitrogen and oxygen atoms in total. The van der Waals surface area contributed by atoms with Crippen molar-refractivity contribution in [3.63, 3.8) is 0 Å². The number of nitrogens with one attached hydrogen (secondary N) is 2. The molecule has 1 amide bonds. The van der Waals surface area contributed by atoms with Crippen LogP contribution in [0.1, 0.15) is 13.3 Å². The fraction of sp³-hybridized carbons (Fsp3) is 0.429. The number of benzene rings is 1. The molecule has 0 unspecified atom stereocenters. The molecule has 126 valence electrons. The van der Waals surface area contributed by atoms with Crippen LogP contribution < -0.4 is 10.6 Å². The van der Waals surface area contributed by atoms with Crippen molar-refractivity contribution in [1.29, 1.82) is 0 Å². The van der Waals surface area contributed by atoms with Crippen LogP contribution in [0.4, 0.5) is 0 Å². The SMILES string of the molecule is CCCNCCNC(=O)Cn1nnc(-c2ccc(Cl)cc2)n1.Cl. The monoisotopic (exact) mass is 358 g/mol. The van der Waals surface area contributed by atoms with Crippen molar-refractivity contribution >= 4 is 29.9 Å². The Morgan fingerprint density at radius 1 is 1.22 bits per heavy atom. The minimum absolute atomic E-state index is 0. The number of aromatic nitrogens is 4. The first-order chi connectivity index (χ1) is 10.7. The zero-order valence-corrected chi connectivity index (χ0v) is 14.4. The summed E-state index contributed by atoms with van der Waals surface area (Å²) in [6.07, 6.45) is 1.07. The van der Waals surface area contributed by atoms with Crippen molar-refractivity contribution < 1.29 is 4.79 Å². The minimum atomic E-state index is -0.140. The Morgan fingerprint density at radius 2 is 1.96 bits per heavy atom. The van der Waals surface area contributed by atoms with Gasteiger partial charge in [-0.25, -0.2) is 0 Å². The third-order valence-corrected chi connectivity index (χ3v) is 3.14. The molecule has 2 rings (SSSR count). The van der Waals surface area contributed by atoms with E-state index in [-0.39, 0.29) is 24.9 Å². The molecule has 0 spiro atoms. The van der Waals surface area contributed by atoms with Crippen molar-refractivity contribution in [3.05, 3.63) is 29.3 Å². The molecule has 0 saturated carbocycles. The molecular formula is C14H20Cl2N6O. The van der Waals surface area contributed by atoms with Gasteiger partial charge in [0.25, 0.3) is 0 Å². The highest BCUT2D eigenvalue weighted by Crippen LogP contribution is 2.16. The lowest BCUT2D eigenvalue weighted by atomic mass is 10.2. The molecule has 0 fully saturated rings. The average Bonchev–Trinajstić information content (AvgIpc) is 2.96. The van der Waals surface area contributed by atoms with Gasteiger partial charge in [0.1, 0.15) is 6.54 Å². The maximum atomic E-state index is 11.8. The molecule has 0 radical (unpaired) electrons. The Kier molecular flexibility index (Phi) is 8.53. The summed E-state index contributed by atoms with van der Waals surface area (Å²) in [5.41, 5.74) is 0.805. The van der Waals surface area contributed by atoms with Gasteiger partial charge in [-0.3, -0.25) is 4.79 Å². The van der Waals surface area contributed by atoms with E-state index < -0.39 is 0 Å². The quantitative estimate of drug-likeness (QED) is 0.699. The third kappa shape index (κ3) is 6.52. The first kappa shape index (κ1) is 19.3. The van der Waals surface area contributed by atoms with E-state index in [1.807, 2.05) is 12.1 Å². The average molecular weight is 359 g/mol. The number of rotatable bonds is 8. The van der Waals surface area contributed by atoms with Crippen LogP contribution in [-0.4, -0.2) is 45.7 Å². The number of carbonyl (C=O) groups is 1. The summed E-state index contributed by atoms with van der Waals surface area (Å²) in [5.74, 6) is 0.326. The third-order valence-electron chi connectivity index (χ3n) is 2.89. The molecule has 2 N–H and O–H groups in total. The van der Waals surface area contributed by atoms with Gasteiger partial charge in [0.15, 0.2) is 0 Å². The second-order valence-electron chi connectivity index (χ2n) is 4.75. The Bertz CT molecular complexity index is 602. The van der Waals surface area contributed by atoms with Gasteiger partial charge >= 0.3 is 0 Å². The van der Waals surface area contributed by atoms with E-state index in [0.29, 0.717) is 17.4 Å². The van der Waals surface area contributed by atoms with Crippen LogP contribution in [0.3, 0.4) is 0 Å². The molecule has 0 atom stereocenters. The fourth-order valence-electron chi connectivity index (χ4n) is 1.80. The Balaban J connectivity index is 0.00000264. The number of carbonyl (C=O) groups excluding carboxylic acids is 1. The highest BCUT2D eigenvalue weighted by molar-refractivity contribution is 6.30. The first-order valence-corrected chi connectivity index (χ1v) is 7.58. The standard InChI is InChI=1S/C14H19ClN6O.ClH/c1-2-7-16-8-9-17-13(22)10-21-19-14(18-20-21)11-3-5-12(15)6-4-11;/h3-6,16H,2,7-10H2,1H3,(H,17,22);1H. The summed E-state index contributed by atoms with van der Waals surface area (Å²) in [6.45, 7) is 4.43. The minimum Gasteiger partial charge on any atom is -0.353 e. The molecule has 9 heteroatoms. The van der Waals surface area contributed by atoms with Gasteiger partial charge in [0.05, 0.1) is 0 Å². The van der Waals surface area contributed by atoms with Gasteiger partial charge < -0.3 is 10.6 Å². The van der Waals surface area contributed by atoms with Crippen molar-refractivity contribution in [1.82, 2.24) is 30.8 Å². The molecule has 1 aromatic carbocycles. The summed E-state index contributed by atoms with van der Waals surface area (Å²) in [4.78, 5) is 13.0. The van der Waals surface area contributed by atoms with Gasteiger partial charge in [-0.1, -0.05) is 18.5 Å². The maximum absolute atomic E-state index is 11.8. The van der Waals surface area contributed by atoms with Gasteiger partial charge in [-0.05, 0) is 42.4 Å². The fourth-order valence-corrected chi connectivity index (χ4v) is 1.93. The van der Waals surface area contributed by atoms with Crippen molar-refractivity contribution in [3.8, 4) is 11.4 Å². The predicted molar refractivity (Wildman–Crippen MR) is 91.7 cm³/mol. The van der Waals surface area contributed by atoms with Crippen molar-refractivity contribution in [2.45, 2.75) is 19.9 Å². The Labute approximate surface area is 146 Å². The molecule has 1 aromatic heterocycles.